The van der Waals surface area contributed by atoms with E-state index >= 15 is 0 Å². The number of carbonyl (C=O) groups is 1. The summed E-state index contributed by atoms with van der Waals surface area (Å²) in [5.41, 5.74) is 0.483. The Labute approximate surface area is 107 Å². The van der Waals surface area contributed by atoms with Crippen molar-refractivity contribution in [3.8, 4) is 5.75 Å². The first-order valence-electron chi connectivity index (χ1n) is 5.86. The van der Waals surface area contributed by atoms with Gasteiger partial charge in [-0.25, -0.2) is 4.39 Å². The first kappa shape index (κ1) is 14.4. The molecule has 4 nitrogen and oxygen atoms in total. The molecule has 1 aromatic rings. The molecule has 0 aliphatic heterocycles. The third kappa shape index (κ3) is 3.70. The molecule has 0 saturated carbocycles. The molecule has 0 bridgehead atoms. The van der Waals surface area contributed by atoms with Crippen molar-refractivity contribution in [2.45, 2.75) is 19.4 Å². The zero-order chi connectivity index (χ0) is 13.5. The Balaban J connectivity index is 2.66. The summed E-state index contributed by atoms with van der Waals surface area (Å²) < 4.78 is 18.9. The number of halogens is 1. The van der Waals surface area contributed by atoms with Gasteiger partial charge in [0.1, 0.15) is 11.6 Å². The van der Waals surface area contributed by atoms with Crippen LogP contribution in [-0.2, 0) is 4.79 Å². The molecule has 0 fully saturated rings. The van der Waals surface area contributed by atoms with Crippen molar-refractivity contribution in [3.05, 3.63) is 29.6 Å². The summed E-state index contributed by atoms with van der Waals surface area (Å²) in [7, 11) is 3.10. The summed E-state index contributed by atoms with van der Waals surface area (Å²) in [6.45, 7) is 2.32. The molecule has 1 aromatic carbocycles. The van der Waals surface area contributed by atoms with Crippen LogP contribution in [-0.4, -0.2) is 26.6 Å². The Morgan fingerprint density at radius 1 is 1.50 bits per heavy atom. The number of amides is 1. The molecule has 2 N–H and O–H groups in total. The number of carbonyl (C=O) groups excluding carboxylic acids is 1. The summed E-state index contributed by atoms with van der Waals surface area (Å²) in [6.07, 6.45) is 0.359. The number of rotatable bonds is 6. The van der Waals surface area contributed by atoms with E-state index in [2.05, 4.69) is 10.6 Å². The van der Waals surface area contributed by atoms with Gasteiger partial charge in [0.15, 0.2) is 0 Å². The Hall–Kier alpha value is -1.62. The highest BCUT2D eigenvalue weighted by Crippen LogP contribution is 2.27. The van der Waals surface area contributed by atoms with Gasteiger partial charge in [-0.1, -0.05) is 6.07 Å². The van der Waals surface area contributed by atoms with Gasteiger partial charge in [-0.05, 0) is 19.1 Å². The Morgan fingerprint density at radius 2 is 2.22 bits per heavy atom. The SMILES string of the molecule is CNC(=O)CCNC(C)c1c(F)cccc1OC. The highest BCUT2D eigenvalue weighted by atomic mass is 19.1. The molecule has 1 unspecified atom stereocenters. The van der Waals surface area contributed by atoms with Gasteiger partial charge in [0.25, 0.3) is 0 Å². The van der Waals surface area contributed by atoms with Crippen molar-refractivity contribution in [1.82, 2.24) is 10.6 Å². The normalized spacial score (nSPS) is 12.0. The van der Waals surface area contributed by atoms with Crippen LogP contribution in [0.5, 0.6) is 5.75 Å². The Morgan fingerprint density at radius 3 is 2.83 bits per heavy atom. The van der Waals surface area contributed by atoms with Crippen molar-refractivity contribution in [2.24, 2.45) is 0 Å². The molecule has 0 saturated heterocycles. The maximum Gasteiger partial charge on any atom is 0.221 e. The summed E-state index contributed by atoms with van der Waals surface area (Å²) >= 11 is 0. The lowest BCUT2D eigenvalue weighted by atomic mass is 10.1. The zero-order valence-corrected chi connectivity index (χ0v) is 10.9. The van der Waals surface area contributed by atoms with E-state index in [9.17, 15) is 9.18 Å². The van der Waals surface area contributed by atoms with Crippen LogP contribution in [0.25, 0.3) is 0 Å². The van der Waals surface area contributed by atoms with Crippen molar-refractivity contribution in [3.63, 3.8) is 0 Å². The third-order valence-corrected chi connectivity index (χ3v) is 2.75. The molecule has 1 rings (SSSR count). The van der Waals surface area contributed by atoms with E-state index in [0.29, 0.717) is 24.3 Å². The van der Waals surface area contributed by atoms with E-state index in [1.807, 2.05) is 6.92 Å². The molecule has 0 spiro atoms. The molecule has 0 radical (unpaired) electrons. The number of nitrogens with one attached hydrogen (secondary N) is 2. The topological polar surface area (TPSA) is 50.4 Å². The lowest BCUT2D eigenvalue weighted by molar-refractivity contribution is -0.120. The smallest absolute Gasteiger partial charge is 0.221 e. The van der Waals surface area contributed by atoms with Crippen molar-refractivity contribution in [1.29, 1.82) is 0 Å². The monoisotopic (exact) mass is 254 g/mol. The number of hydrogen-bond acceptors (Lipinski definition) is 3. The van der Waals surface area contributed by atoms with Crippen LogP contribution in [0.15, 0.2) is 18.2 Å². The summed E-state index contributed by atoms with van der Waals surface area (Å²) in [5.74, 6) is 0.152. The molecule has 100 valence electrons. The van der Waals surface area contributed by atoms with Crippen molar-refractivity contribution < 1.29 is 13.9 Å². The molecule has 0 aromatic heterocycles. The lowest BCUT2D eigenvalue weighted by Crippen LogP contribution is -2.27. The van der Waals surface area contributed by atoms with Crippen molar-refractivity contribution in [2.75, 3.05) is 20.7 Å². The summed E-state index contributed by atoms with van der Waals surface area (Å²) in [4.78, 5) is 11.1. The van der Waals surface area contributed by atoms with Crippen LogP contribution in [0, 0.1) is 5.82 Å². The Kier molecular flexibility index (Phi) is 5.58. The van der Waals surface area contributed by atoms with E-state index in [4.69, 9.17) is 4.74 Å². The molecular formula is C13H19FN2O2. The van der Waals surface area contributed by atoms with Gasteiger partial charge in [0, 0.05) is 31.6 Å². The second kappa shape index (κ2) is 6.96. The van der Waals surface area contributed by atoms with E-state index < -0.39 is 0 Å². The fourth-order valence-electron chi connectivity index (χ4n) is 1.74. The van der Waals surface area contributed by atoms with E-state index in [-0.39, 0.29) is 17.8 Å². The first-order chi connectivity index (χ1) is 8.60. The largest absolute Gasteiger partial charge is 0.496 e. The number of hydrogen-bond donors (Lipinski definition) is 2. The minimum Gasteiger partial charge on any atom is -0.496 e. The Bertz CT molecular complexity index is 410. The van der Waals surface area contributed by atoms with Crippen LogP contribution < -0.4 is 15.4 Å². The van der Waals surface area contributed by atoms with Crippen LogP contribution in [0.4, 0.5) is 4.39 Å². The molecule has 0 heterocycles. The highest BCUT2D eigenvalue weighted by molar-refractivity contribution is 5.75. The highest BCUT2D eigenvalue weighted by Gasteiger charge is 2.15. The number of methoxy groups -OCH3 is 1. The minimum atomic E-state index is -0.311. The van der Waals surface area contributed by atoms with Gasteiger partial charge < -0.3 is 15.4 Å². The van der Waals surface area contributed by atoms with E-state index in [0.717, 1.165) is 0 Å². The molecular weight excluding hydrogens is 235 g/mol. The van der Waals surface area contributed by atoms with Gasteiger partial charge in [-0.3, -0.25) is 4.79 Å². The van der Waals surface area contributed by atoms with Crippen LogP contribution in [0.1, 0.15) is 24.9 Å². The van der Waals surface area contributed by atoms with Crippen molar-refractivity contribution >= 4 is 5.91 Å². The summed E-state index contributed by atoms with van der Waals surface area (Å²) in [5, 5.41) is 5.63. The average molecular weight is 254 g/mol. The second-order valence-electron chi connectivity index (χ2n) is 3.95. The summed E-state index contributed by atoms with van der Waals surface area (Å²) in [6, 6.07) is 4.50. The van der Waals surface area contributed by atoms with Gasteiger partial charge in [0.05, 0.1) is 7.11 Å². The second-order valence-corrected chi connectivity index (χ2v) is 3.95. The van der Waals surface area contributed by atoms with Crippen LogP contribution >= 0.6 is 0 Å². The fraction of sp³-hybridized carbons (Fsp3) is 0.462. The molecule has 0 aliphatic rings. The number of ether oxygens (including phenoxy) is 1. The van der Waals surface area contributed by atoms with Gasteiger partial charge in [0.2, 0.25) is 5.91 Å². The third-order valence-electron chi connectivity index (χ3n) is 2.75. The maximum absolute atomic E-state index is 13.7. The molecule has 0 aliphatic carbocycles. The fourth-order valence-corrected chi connectivity index (χ4v) is 1.74. The molecule has 18 heavy (non-hydrogen) atoms. The first-order valence-corrected chi connectivity index (χ1v) is 5.86. The van der Waals surface area contributed by atoms with Gasteiger partial charge >= 0.3 is 0 Å². The quantitative estimate of drug-likeness (QED) is 0.811. The van der Waals surface area contributed by atoms with E-state index in [1.54, 1.807) is 19.2 Å². The van der Waals surface area contributed by atoms with Gasteiger partial charge in [-0.2, -0.15) is 0 Å². The maximum atomic E-state index is 13.7. The predicted molar refractivity (Wildman–Crippen MR) is 68.1 cm³/mol. The van der Waals surface area contributed by atoms with Gasteiger partial charge in [-0.15, -0.1) is 0 Å². The van der Waals surface area contributed by atoms with Crippen LogP contribution in [0.2, 0.25) is 0 Å². The molecule has 1 atom stereocenters. The standard InChI is InChI=1S/C13H19FN2O2/c1-9(16-8-7-12(17)15-2)13-10(14)5-4-6-11(13)18-3/h4-6,9,16H,7-8H2,1-3H3,(H,15,17). The average Bonchev–Trinajstić information content (AvgIpc) is 2.37. The molecule has 5 heteroatoms. The zero-order valence-electron chi connectivity index (χ0n) is 10.9. The minimum absolute atomic E-state index is 0.0461. The number of benzene rings is 1. The molecule has 1 amide bonds. The predicted octanol–water partition coefficient (Wildman–Crippen LogP) is 1.62. The van der Waals surface area contributed by atoms with E-state index in [1.165, 1.54) is 13.2 Å². The van der Waals surface area contributed by atoms with Crippen LogP contribution in [0.3, 0.4) is 0 Å². The lowest BCUT2D eigenvalue weighted by Gasteiger charge is -2.17.